The molecule has 0 spiro atoms. The molecule has 3 heterocycles. The minimum absolute atomic E-state index is 0.243. The molecule has 2 saturated heterocycles. The number of nitrogens with one attached hydrogen (secondary N) is 2. The summed E-state index contributed by atoms with van der Waals surface area (Å²) in [6, 6.07) is 8.50. The van der Waals surface area contributed by atoms with Gasteiger partial charge in [0.1, 0.15) is 17.5 Å². The lowest BCUT2D eigenvalue weighted by Gasteiger charge is -2.25. The summed E-state index contributed by atoms with van der Waals surface area (Å²) in [6.45, 7) is 4.63. The first-order valence-corrected chi connectivity index (χ1v) is 11.3. The van der Waals surface area contributed by atoms with Crippen molar-refractivity contribution in [3.8, 4) is 0 Å². The van der Waals surface area contributed by atoms with Gasteiger partial charge in [0.2, 0.25) is 5.95 Å². The maximum absolute atomic E-state index is 13.1. The van der Waals surface area contributed by atoms with Gasteiger partial charge in [-0.1, -0.05) is 25.0 Å². The maximum Gasteiger partial charge on any atom is 0.232 e. The van der Waals surface area contributed by atoms with Crippen molar-refractivity contribution in [3.63, 3.8) is 0 Å². The molecule has 2 aliphatic heterocycles. The van der Waals surface area contributed by atoms with Crippen LogP contribution < -0.4 is 20.4 Å². The van der Waals surface area contributed by atoms with Crippen LogP contribution in [0.2, 0.25) is 0 Å². The van der Waals surface area contributed by atoms with Gasteiger partial charge >= 0.3 is 0 Å². The standard InChI is InChI=1S/C22H29FN6S/c23-18-9-7-17(8-10-18)16-24-22(30)27-21-25-19(28-11-3-1-2-4-12-28)15-20(26-21)29-13-5-6-14-29/h7-10,15H,1-6,11-14,16H2,(H2,24,25,26,27,30). The van der Waals surface area contributed by atoms with Crippen LogP contribution in [0.3, 0.4) is 0 Å². The van der Waals surface area contributed by atoms with Gasteiger partial charge in [0, 0.05) is 38.8 Å². The van der Waals surface area contributed by atoms with Gasteiger partial charge in [-0.15, -0.1) is 0 Å². The molecule has 1 aromatic heterocycles. The second kappa shape index (κ2) is 10.0. The molecule has 0 radical (unpaired) electrons. The molecule has 2 N–H and O–H groups in total. The van der Waals surface area contributed by atoms with Crippen LogP contribution in [0.4, 0.5) is 22.0 Å². The number of hydrogen-bond acceptors (Lipinski definition) is 5. The van der Waals surface area contributed by atoms with Crippen LogP contribution in [0.1, 0.15) is 44.1 Å². The Morgan fingerprint density at radius 1 is 0.867 bits per heavy atom. The molecule has 1 aromatic carbocycles. The summed E-state index contributed by atoms with van der Waals surface area (Å²) in [7, 11) is 0. The van der Waals surface area contributed by atoms with Crippen LogP contribution in [-0.2, 0) is 6.54 Å². The first kappa shape index (κ1) is 20.8. The Labute approximate surface area is 182 Å². The average molecular weight is 429 g/mol. The van der Waals surface area contributed by atoms with E-state index in [1.54, 1.807) is 12.1 Å². The second-order valence-electron chi connectivity index (χ2n) is 7.94. The quantitative estimate of drug-likeness (QED) is 0.696. The van der Waals surface area contributed by atoms with Gasteiger partial charge in [0.05, 0.1) is 0 Å². The average Bonchev–Trinajstić information content (AvgIpc) is 3.16. The molecule has 0 aliphatic carbocycles. The topological polar surface area (TPSA) is 56.3 Å². The first-order chi connectivity index (χ1) is 14.7. The highest BCUT2D eigenvalue weighted by Crippen LogP contribution is 2.26. The van der Waals surface area contributed by atoms with Crippen LogP contribution in [0.5, 0.6) is 0 Å². The van der Waals surface area contributed by atoms with Gasteiger partial charge in [-0.05, 0) is 55.6 Å². The zero-order valence-corrected chi connectivity index (χ0v) is 18.1. The van der Waals surface area contributed by atoms with E-state index in [-0.39, 0.29) is 5.82 Å². The summed E-state index contributed by atoms with van der Waals surface area (Å²) >= 11 is 5.46. The number of benzene rings is 1. The van der Waals surface area contributed by atoms with Gasteiger partial charge in [0.25, 0.3) is 0 Å². The highest BCUT2D eigenvalue weighted by atomic mass is 32.1. The number of anilines is 3. The van der Waals surface area contributed by atoms with Crippen molar-refractivity contribution >= 4 is 34.9 Å². The van der Waals surface area contributed by atoms with E-state index in [1.165, 1.54) is 50.7 Å². The number of aromatic nitrogens is 2. The lowest BCUT2D eigenvalue weighted by atomic mass is 10.2. The van der Waals surface area contributed by atoms with Gasteiger partial charge in [-0.2, -0.15) is 9.97 Å². The van der Waals surface area contributed by atoms with E-state index in [9.17, 15) is 4.39 Å². The SMILES string of the molecule is Fc1ccc(CNC(=S)Nc2nc(N3CCCCCC3)cc(N3CCCC3)n2)cc1. The first-order valence-electron chi connectivity index (χ1n) is 10.9. The third-order valence-corrected chi connectivity index (χ3v) is 5.90. The van der Waals surface area contributed by atoms with Crippen LogP contribution in [0.15, 0.2) is 30.3 Å². The molecule has 160 valence electrons. The van der Waals surface area contributed by atoms with Crippen LogP contribution in [0.25, 0.3) is 0 Å². The monoisotopic (exact) mass is 428 g/mol. The van der Waals surface area contributed by atoms with Crippen molar-refractivity contribution in [2.75, 3.05) is 41.3 Å². The molecule has 2 fully saturated rings. The van der Waals surface area contributed by atoms with Gasteiger partial charge in [-0.3, -0.25) is 0 Å². The summed E-state index contributed by atoms with van der Waals surface area (Å²) in [5, 5.41) is 6.77. The highest BCUT2D eigenvalue weighted by Gasteiger charge is 2.19. The van der Waals surface area contributed by atoms with E-state index in [0.29, 0.717) is 17.6 Å². The fourth-order valence-electron chi connectivity index (χ4n) is 3.98. The minimum atomic E-state index is -0.243. The van der Waals surface area contributed by atoms with Crippen LogP contribution in [-0.4, -0.2) is 41.3 Å². The molecule has 0 unspecified atom stereocenters. The molecule has 0 amide bonds. The molecule has 4 rings (SSSR count). The number of halogens is 1. The number of thiocarbonyl (C=S) groups is 1. The molecule has 0 saturated carbocycles. The van der Waals surface area contributed by atoms with E-state index in [0.717, 1.165) is 43.4 Å². The molecule has 2 aromatic rings. The second-order valence-corrected chi connectivity index (χ2v) is 8.35. The molecule has 0 bridgehead atoms. The lowest BCUT2D eigenvalue weighted by molar-refractivity contribution is 0.627. The molecule has 6 nitrogen and oxygen atoms in total. The Morgan fingerprint density at radius 3 is 1.97 bits per heavy atom. The normalized spacial score (nSPS) is 17.0. The van der Waals surface area contributed by atoms with Crippen molar-refractivity contribution < 1.29 is 4.39 Å². The minimum Gasteiger partial charge on any atom is -0.358 e. The van der Waals surface area contributed by atoms with E-state index >= 15 is 0 Å². The number of rotatable bonds is 5. The smallest absolute Gasteiger partial charge is 0.232 e. The zero-order valence-electron chi connectivity index (χ0n) is 17.2. The Hall–Kier alpha value is -2.48. The lowest BCUT2D eigenvalue weighted by Crippen LogP contribution is -2.31. The number of hydrogen-bond donors (Lipinski definition) is 2. The molecular formula is C22H29FN6S. The van der Waals surface area contributed by atoms with E-state index in [2.05, 4.69) is 26.5 Å². The largest absolute Gasteiger partial charge is 0.358 e. The Morgan fingerprint density at radius 2 is 1.40 bits per heavy atom. The molecule has 2 aliphatic rings. The summed E-state index contributed by atoms with van der Waals surface area (Å²) in [6.07, 6.45) is 7.35. The molecular weight excluding hydrogens is 399 g/mol. The molecule has 8 heteroatoms. The zero-order chi connectivity index (χ0) is 20.8. The predicted molar refractivity (Wildman–Crippen MR) is 124 cm³/mol. The van der Waals surface area contributed by atoms with Crippen molar-refractivity contribution in [2.45, 2.75) is 45.1 Å². The van der Waals surface area contributed by atoms with E-state index in [4.69, 9.17) is 22.2 Å². The third-order valence-electron chi connectivity index (χ3n) is 5.65. The third kappa shape index (κ3) is 5.56. The molecule has 30 heavy (non-hydrogen) atoms. The highest BCUT2D eigenvalue weighted by molar-refractivity contribution is 7.80. The Kier molecular flexibility index (Phi) is 6.94. The van der Waals surface area contributed by atoms with E-state index < -0.39 is 0 Å². The summed E-state index contributed by atoms with van der Waals surface area (Å²) in [4.78, 5) is 14.2. The van der Waals surface area contributed by atoms with Crippen molar-refractivity contribution in [1.82, 2.24) is 15.3 Å². The fraction of sp³-hybridized carbons (Fsp3) is 0.500. The van der Waals surface area contributed by atoms with Crippen molar-refractivity contribution in [2.24, 2.45) is 0 Å². The maximum atomic E-state index is 13.1. The van der Waals surface area contributed by atoms with Crippen molar-refractivity contribution in [3.05, 3.63) is 41.7 Å². The van der Waals surface area contributed by atoms with Crippen LogP contribution >= 0.6 is 12.2 Å². The van der Waals surface area contributed by atoms with Gasteiger partial charge < -0.3 is 20.4 Å². The van der Waals surface area contributed by atoms with Gasteiger partial charge in [-0.25, -0.2) is 4.39 Å². The summed E-state index contributed by atoms with van der Waals surface area (Å²) in [5.41, 5.74) is 0.956. The summed E-state index contributed by atoms with van der Waals surface area (Å²) < 4.78 is 13.1. The predicted octanol–water partition coefficient (Wildman–Crippen LogP) is 4.08. The molecule has 0 atom stereocenters. The fourth-order valence-corrected chi connectivity index (χ4v) is 4.14. The van der Waals surface area contributed by atoms with Gasteiger partial charge in [0.15, 0.2) is 5.11 Å². The Balaban J connectivity index is 1.47. The van der Waals surface area contributed by atoms with Crippen LogP contribution in [0, 0.1) is 5.82 Å². The van der Waals surface area contributed by atoms with E-state index in [1.807, 2.05) is 0 Å². The van der Waals surface area contributed by atoms with Crippen molar-refractivity contribution in [1.29, 1.82) is 0 Å². The summed E-state index contributed by atoms with van der Waals surface area (Å²) in [5.74, 6) is 2.21. The Bertz CT molecular complexity index is 845. The number of nitrogens with zero attached hydrogens (tertiary/aromatic N) is 4.